The smallest absolute Gasteiger partial charge is 0.241 e. The molecule has 0 aliphatic carbocycles. The maximum absolute atomic E-state index is 12.2. The van der Waals surface area contributed by atoms with E-state index in [-0.39, 0.29) is 11.9 Å². The van der Waals surface area contributed by atoms with Crippen LogP contribution < -0.4 is 10.6 Å². The summed E-state index contributed by atoms with van der Waals surface area (Å²) in [7, 11) is 1.79. The molecule has 1 unspecified atom stereocenters. The number of amides is 1. The van der Waals surface area contributed by atoms with Gasteiger partial charge in [-0.25, -0.2) is 0 Å². The van der Waals surface area contributed by atoms with Crippen LogP contribution in [0.3, 0.4) is 0 Å². The van der Waals surface area contributed by atoms with Crippen LogP contribution in [-0.2, 0) is 11.3 Å². The van der Waals surface area contributed by atoms with Crippen molar-refractivity contribution < 1.29 is 4.79 Å². The number of hydrogen-bond donors (Lipinski definition) is 2. The van der Waals surface area contributed by atoms with Crippen molar-refractivity contribution in [3.8, 4) is 0 Å². The van der Waals surface area contributed by atoms with Crippen molar-refractivity contribution in [2.45, 2.75) is 12.6 Å². The molecular formula is C16H18N2O. The highest BCUT2D eigenvalue weighted by Crippen LogP contribution is 2.12. The van der Waals surface area contributed by atoms with Gasteiger partial charge in [-0.1, -0.05) is 60.7 Å². The van der Waals surface area contributed by atoms with E-state index in [0.717, 1.165) is 11.1 Å². The molecule has 0 radical (unpaired) electrons. The van der Waals surface area contributed by atoms with Crippen molar-refractivity contribution in [1.82, 2.24) is 10.6 Å². The zero-order valence-electron chi connectivity index (χ0n) is 11.0. The number of benzene rings is 2. The Bertz CT molecular complexity index is 511. The summed E-state index contributed by atoms with van der Waals surface area (Å²) in [4.78, 5) is 12.2. The molecule has 0 saturated carbocycles. The Labute approximate surface area is 113 Å². The molecule has 19 heavy (non-hydrogen) atoms. The third kappa shape index (κ3) is 3.66. The van der Waals surface area contributed by atoms with Gasteiger partial charge < -0.3 is 10.6 Å². The molecule has 0 heterocycles. The fourth-order valence-electron chi connectivity index (χ4n) is 1.98. The van der Waals surface area contributed by atoms with Gasteiger partial charge in [0.2, 0.25) is 5.91 Å². The van der Waals surface area contributed by atoms with E-state index in [0.29, 0.717) is 6.54 Å². The SMILES string of the molecule is CNC(C(=O)NCc1ccccc1)c1ccccc1. The Morgan fingerprint density at radius 1 is 1.00 bits per heavy atom. The number of rotatable bonds is 5. The second-order valence-corrected chi connectivity index (χ2v) is 4.34. The third-order valence-corrected chi connectivity index (χ3v) is 2.99. The van der Waals surface area contributed by atoms with Gasteiger partial charge in [-0.05, 0) is 18.2 Å². The molecule has 0 fully saturated rings. The van der Waals surface area contributed by atoms with Crippen LogP contribution >= 0.6 is 0 Å². The average molecular weight is 254 g/mol. The molecule has 2 aromatic rings. The van der Waals surface area contributed by atoms with Crippen molar-refractivity contribution in [2.24, 2.45) is 0 Å². The van der Waals surface area contributed by atoms with Gasteiger partial charge in [0.15, 0.2) is 0 Å². The number of hydrogen-bond acceptors (Lipinski definition) is 2. The lowest BCUT2D eigenvalue weighted by Gasteiger charge is -2.16. The van der Waals surface area contributed by atoms with Gasteiger partial charge in [0.1, 0.15) is 6.04 Å². The molecule has 3 nitrogen and oxygen atoms in total. The molecule has 0 saturated heterocycles. The molecule has 1 amide bonds. The monoisotopic (exact) mass is 254 g/mol. The second-order valence-electron chi connectivity index (χ2n) is 4.34. The van der Waals surface area contributed by atoms with Gasteiger partial charge in [0.05, 0.1) is 0 Å². The fraction of sp³-hybridized carbons (Fsp3) is 0.188. The van der Waals surface area contributed by atoms with E-state index in [2.05, 4.69) is 10.6 Å². The van der Waals surface area contributed by atoms with Crippen molar-refractivity contribution in [3.05, 3.63) is 71.8 Å². The summed E-state index contributed by atoms with van der Waals surface area (Å²) in [5.41, 5.74) is 2.06. The van der Waals surface area contributed by atoms with Crippen LogP contribution in [0.5, 0.6) is 0 Å². The first-order valence-electron chi connectivity index (χ1n) is 6.35. The fourth-order valence-corrected chi connectivity index (χ4v) is 1.98. The van der Waals surface area contributed by atoms with Crippen LogP contribution in [0.4, 0.5) is 0 Å². The number of carbonyl (C=O) groups is 1. The van der Waals surface area contributed by atoms with E-state index < -0.39 is 0 Å². The quantitative estimate of drug-likeness (QED) is 0.859. The van der Waals surface area contributed by atoms with Gasteiger partial charge in [-0.2, -0.15) is 0 Å². The van der Waals surface area contributed by atoms with Gasteiger partial charge in [-0.3, -0.25) is 4.79 Å². The third-order valence-electron chi connectivity index (χ3n) is 2.99. The zero-order valence-corrected chi connectivity index (χ0v) is 11.0. The molecular weight excluding hydrogens is 236 g/mol. The molecule has 0 bridgehead atoms. The highest BCUT2D eigenvalue weighted by molar-refractivity contribution is 5.83. The maximum atomic E-state index is 12.2. The Kier molecular flexibility index (Phi) is 4.70. The van der Waals surface area contributed by atoms with Crippen LogP contribution in [0.2, 0.25) is 0 Å². The molecule has 0 spiro atoms. The van der Waals surface area contributed by atoms with Crippen molar-refractivity contribution >= 4 is 5.91 Å². The van der Waals surface area contributed by atoms with Gasteiger partial charge >= 0.3 is 0 Å². The van der Waals surface area contributed by atoms with E-state index in [4.69, 9.17) is 0 Å². The molecule has 0 aromatic heterocycles. The molecule has 0 aliphatic rings. The minimum atomic E-state index is -0.315. The summed E-state index contributed by atoms with van der Waals surface area (Å²) in [5.74, 6) is -0.0162. The summed E-state index contributed by atoms with van der Waals surface area (Å²) >= 11 is 0. The van der Waals surface area contributed by atoms with E-state index in [9.17, 15) is 4.79 Å². The maximum Gasteiger partial charge on any atom is 0.241 e. The van der Waals surface area contributed by atoms with Crippen molar-refractivity contribution in [3.63, 3.8) is 0 Å². The molecule has 2 N–H and O–H groups in total. The Morgan fingerprint density at radius 3 is 2.16 bits per heavy atom. The number of likely N-dealkylation sites (N-methyl/N-ethyl adjacent to an activating group) is 1. The lowest BCUT2D eigenvalue weighted by atomic mass is 10.1. The first-order valence-corrected chi connectivity index (χ1v) is 6.35. The highest BCUT2D eigenvalue weighted by atomic mass is 16.2. The standard InChI is InChI=1S/C16H18N2O/c1-17-15(14-10-6-3-7-11-14)16(19)18-12-13-8-4-2-5-9-13/h2-11,15,17H,12H2,1H3,(H,18,19). The van der Waals surface area contributed by atoms with E-state index in [1.165, 1.54) is 0 Å². The van der Waals surface area contributed by atoms with Gasteiger partial charge in [0, 0.05) is 6.54 Å². The van der Waals surface area contributed by atoms with Crippen LogP contribution in [-0.4, -0.2) is 13.0 Å². The topological polar surface area (TPSA) is 41.1 Å². The largest absolute Gasteiger partial charge is 0.350 e. The van der Waals surface area contributed by atoms with Crippen LogP contribution in [0, 0.1) is 0 Å². The molecule has 2 aromatic carbocycles. The Hall–Kier alpha value is -2.13. The zero-order chi connectivity index (χ0) is 13.5. The summed E-state index contributed by atoms with van der Waals surface area (Å²) in [6.45, 7) is 0.546. The van der Waals surface area contributed by atoms with E-state index in [1.807, 2.05) is 60.7 Å². The molecule has 3 heteroatoms. The average Bonchev–Trinajstić information content (AvgIpc) is 2.48. The number of nitrogens with one attached hydrogen (secondary N) is 2. The minimum absolute atomic E-state index is 0.0162. The van der Waals surface area contributed by atoms with Gasteiger partial charge in [0.25, 0.3) is 0 Å². The minimum Gasteiger partial charge on any atom is -0.350 e. The summed E-state index contributed by atoms with van der Waals surface area (Å²) in [5, 5.41) is 5.99. The normalized spacial score (nSPS) is 11.8. The summed E-state index contributed by atoms with van der Waals surface area (Å²) in [6.07, 6.45) is 0. The highest BCUT2D eigenvalue weighted by Gasteiger charge is 2.17. The predicted octanol–water partition coefficient (Wildman–Crippen LogP) is 2.26. The Morgan fingerprint density at radius 2 is 1.58 bits per heavy atom. The van der Waals surface area contributed by atoms with E-state index >= 15 is 0 Å². The summed E-state index contributed by atoms with van der Waals surface area (Å²) in [6, 6.07) is 19.3. The molecule has 1 atom stereocenters. The van der Waals surface area contributed by atoms with Crippen molar-refractivity contribution in [2.75, 3.05) is 7.05 Å². The summed E-state index contributed by atoms with van der Waals surface area (Å²) < 4.78 is 0. The Balaban J connectivity index is 1.98. The first kappa shape index (κ1) is 13.3. The first-order chi connectivity index (χ1) is 9.31. The van der Waals surface area contributed by atoms with Gasteiger partial charge in [-0.15, -0.1) is 0 Å². The number of carbonyl (C=O) groups excluding carboxylic acids is 1. The molecule has 2 rings (SSSR count). The molecule has 98 valence electrons. The lowest BCUT2D eigenvalue weighted by molar-refractivity contribution is -0.123. The van der Waals surface area contributed by atoms with Crippen LogP contribution in [0.1, 0.15) is 17.2 Å². The lowest BCUT2D eigenvalue weighted by Crippen LogP contribution is -2.35. The second kappa shape index (κ2) is 6.71. The van der Waals surface area contributed by atoms with Crippen LogP contribution in [0.15, 0.2) is 60.7 Å². The molecule has 0 aliphatic heterocycles. The predicted molar refractivity (Wildman–Crippen MR) is 76.5 cm³/mol. The van der Waals surface area contributed by atoms with E-state index in [1.54, 1.807) is 7.05 Å². The van der Waals surface area contributed by atoms with Crippen LogP contribution in [0.25, 0.3) is 0 Å². The van der Waals surface area contributed by atoms with Crippen molar-refractivity contribution in [1.29, 1.82) is 0 Å².